The molecule has 0 spiro atoms. The molecule has 0 heterocycles. The van der Waals surface area contributed by atoms with E-state index in [1.807, 2.05) is 6.07 Å². The molecule has 142 valence electrons. The summed E-state index contributed by atoms with van der Waals surface area (Å²) >= 11 is 0. The van der Waals surface area contributed by atoms with Gasteiger partial charge in [0.25, 0.3) is 5.91 Å². The molecule has 0 radical (unpaired) electrons. The quantitative estimate of drug-likeness (QED) is 0.725. The van der Waals surface area contributed by atoms with E-state index in [4.69, 9.17) is 0 Å². The summed E-state index contributed by atoms with van der Waals surface area (Å²) < 4.78 is 25.3. The van der Waals surface area contributed by atoms with Crippen LogP contribution in [-0.2, 0) is 20.4 Å². The van der Waals surface area contributed by atoms with Crippen LogP contribution >= 0.6 is 0 Å². The average molecular weight is 387 g/mol. The molecule has 1 aliphatic rings. The van der Waals surface area contributed by atoms with Crippen molar-refractivity contribution in [3.05, 3.63) is 65.7 Å². The second kappa shape index (κ2) is 7.92. The summed E-state index contributed by atoms with van der Waals surface area (Å²) in [6, 6.07) is 13.5. The fourth-order valence-corrected chi connectivity index (χ4v) is 4.25. The third-order valence-corrected chi connectivity index (χ3v) is 6.21. The molecule has 0 bridgehead atoms. The SMILES string of the molecule is O=C(NC(CC1CC1)C(=O)O)c1cccc(S(=O)(=O)Cc2ccccc2)c1. The van der Waals surface area contributed by atoms with Crippen molar-refractivity contribution >= 4 is 21.7 Å². The molecule has 1 fully saturated rings. The van der Waals surface area contributed by atoms with E-state index in [-0.39, 0.29) is 16.2 Å². The summed E-state index contributed by atoms with van der Waals surface area (Å²) in [6.45, 7) is 0. The minimum absolute atomic E-state index is 0.0353. The number of carboxylic acid groups (broad SMARTS) is 1. The Morgan fingerprint density at radius 2 is 1.78 bits per heavy atom. The van der Waals surface area contributed by atoms with Gasteiger partial charge in [0, 0.05) is 5.56 Å². The summed E-state index contributed by atoms with van der Waals surface area (Å²) in [5.74, 6) is -1.50. The van der Waals surface area contributed by atoms with E-state index >= 15 is 0 Å². The lowest BCUT2D eigenvalue weighted by Gasteiger charge is -2.14. The molecule has 0 aliphatic heterocycles. The molecule has 2 aromatic rings. The number of nitrogens with one attached hydrogen (secondary N) is 1. The van der Waals surface area contributed by atoms with E-state index in [1.54, 1.807) is 24.3 Å². The monoisotopic (exact) mass is 387 g/mol. The number of carboxylic acids is 1. The van der Waals surface area contributed by atoms with Gasteiger partial charge in [0.05, 0.1) is 10.6 Å². The summed E-state index contributed by atoms with van der Waals surface area (Å²) in [6.07, 6.45) is 2.35. The highest BCUT2D eigenvalue weighted by molar-refractivity contribution is 7.90. The van der Waals surface area contributed by atoms with Crippen LogP contribution in [0.1, 0.15) is 35.2 Å². The highest BCUT2D eigenvalue weighted by Gasteiger charge is 2.30. The van der Waals surface area contributed by atoms with Gasteiger partial charge in [-0.1, -0.05) is 49.2 Å². The molecule has 2 aromatic carbocycles. The van der Waals surface area contributed by atoms with E-state index in [0.29, 0.717) is 17.9 Å². The number of carbonyl (C=O) groups excluding carboxylic acids is 1. The maximum Gasteiger partial charge on any atom is 0.326 e. The van der Waals surface area contributed by atoms with E-state index in [1.165, 1.54) is 24.3 Å². The molecule has 1 saturated carbocycles. The van der Waals surface area contributed by atoms with Gasteiger partial charge in [-0.25, -0.2) is 13.2 Å². The molecule has 1 atom stereocenters. The lowest BCUT2D eigenvalue weighted by molar-refractivity contribution is -0.139. The van der Waals surface area contributed by atoms with Crippen molar-refractivity contribution < 1.29 is 23.1 Å². The first-order valence-electron chi connectivity index (χ1n) is 8.75. The van der Waals surface area contributed by atoms with Crippen LogP contribution in [0.3, 0.4) is 0 Å². The van der Waals surface area contributed by atoms with Gasteiger partial charge in [0.15, 0.2) is 9.84 Å². The topological polar surface area (TPSA) is 101 Å². The van der Waals surface area contributed by atoms with E-state index in [0.717, 1.165) is 12.8 Å². The van der Waals surface area contributed by atoms with Crippen molar-refractivity contribution in [2.24, 2.45) is 5.92 Å². The lowest BCUT2D eigenvalue weighted by Crippen LogP contribution is -2.41. The van der Waals surface area contributed by atoms with E-state index in [9.17, 15) is 23.1 Å². The minimum atomic E-state index is -3.62. The Labute approximate surface area is 158 Å². The summed E-state index contributed by atoms with van der Waals surface area (Å²) in [7, 11) is -3.62. The third kappa shape index (κ3) is 5.17. The highest BCUT2D eigenvalue weighted by atomic mass is 32.2. The second-order valence-electron chi connectivity index (χ2n) is 6.82. The third-order valence-electron chi connectivity index (χ3n) is 4.52. The van der Waals surface area contributed by atoms with Gasteiger partial charge in [-0.15, -0.1) is 0 Å². The number of sulfone groups is 1. The smallest absolute Gasteiger partial charge is 0.326 e. The summed E-state index contributed by atoms with van der Waals surface area (Å²) in [5.41, 5.74) is 0.786. The molecule has 2 N–H and O–H groups in total. The van der Waals surface area contributed by atoms with Gasteiger partial charge in [-0.05, 0) is 36.1 Å². The van der Waals surface area contributed by atoms with Gasteiger partial charge >= 0.3 is 5.97 Å². The average Bonchev–Trinajstić information content (AvgIpc) is 3.46. The fraction of sp³-hybridized carbons (Fsp3) is 0.300. The maximum absolute atomic E-state index is 12.6. The van der Waals surface area contributed by atoms with Gasteiger partial charge in [0.2, 0.25) is 0 Å². The zero-order valence-corrected chi connectivity index (χ0v) is 15.5. The summed E-state index contributed by atoms with van der Waals surface area (Å²) in [5, 5.41) is 11.8. The molecule has 0 saturated heterocycles. The maximum atomic E-state index is 12.6. The molecule has 3 rings (SSSR count). The van der Waals surface area contributed by atoms with Crippen LogP contribution in [0, 0.1) is 5.92 Å². The van der Waals surface area contributed by atoms with Crippen LogP contribution in [-0.4, -0.2) is 31.4 Å². The normalized spacial score (nSPS) is 15.1. The molecule has 7 heteroatoms. The molecule has 1 aliphatic carbocycles. The Balaban J connectivity index is 1.75. The molecular weight excluding hydrogens is 366 g/mol. The number of carbonyl (C=O) groups is 2. The van der Waals surface area contributed by atoms with Crippen LogP contribution in [0.4, 0.5) is 0 Å². The number of amides is 1. The number of rotatable bonds is 8. The first-order valence-corrected chi connectivity index (χ1v) is 10.4. The molecule has 27 heavy (non-hydrogen) atoms. The molecular formula is C20H21NO5S. The zero-order chi connectivity index (χ0) is 19.4. The van der Waals surface area contributed by atoms with Gasteiger partial charge in [0.1, 0.15) is 6.04 Å². The highest BCUT2D eigenvalue weighted by Crippen LogP contribution is 2.33. The minimum Gasteiger partial charge on any atom is -0.480 e. The van der Waals surface area contributed by atoms with E-state index in [2.05, 4.69) is 5.32 Å². The van der Waals surface area contributed by atoms with Crippen LogP contribution in [0.15, 0.2) is 59.5 Å². The lowest BCUT2D eigenvalue weighted by atomic mass is 10.1. The van der Waals surface area contributed by atoms with Crippen LogP contribution in [0.25, 0.3) is 0 Å². The van der Waals surface area contributed by atoms with Crippen molar-refractivity contribution in [2.45, 2.75) is 36.0 Å². The Bertz CT molecular complexity index is 936. The zero-order valence-electron chi connectivity index (χ0n) is 14.7. The van der Waals surface area contributed by atoms with Gasteiger partial charge in [-0.2, -0.15) is 0 Å². The molecule has 1 unspecified atom stereocenters. The molecule has 0 aromatic heterocycles. The van der Waals surface area contributed by atoms with Crippen molar-refractivity contribution in [3.63, 3.8) is 0 Å². The predicted molar refractivity (Wildman–Crippen MR) is 100 cm³/mol. The van der Waals surface area contributed by atoms with Crippen molar-refractivity contribution in [3.8, 4) is 0 Å². The largest absolute Gasteiger partial charge is 0.480 e. The Morgan fingerprint density at radius 1 is 1.07 bits per heavy atom. The van der Waals surface area contributed by atoms with Crippen LogP contribution < -0.4 is 5.32 Å². The molecule has 6 nitrogen and oxygen atoms in total. The van der Waals surface area contributed by atoms with Crippen molar-refractivity contribution in [1.29, 1.82) is 0 Å². The van der Waals surface area contributed by atoms with Crippen molar-refractivity contribution in [2.75, 3.05) is 0 Å². The predicted octanol–water partition coefficient (Wildman–Crippen LogP) is 2.64. The number of hydrogen-bond donors (Lipinski definition) is 2. The van der Waals surface area contributed by atoms with Crippen LogP contribution in [0.5, 0.6) is 0 Å². The Morgan fingerprint density at radius 3 is 2.41 bits per heavy atom. The Hall–Kier alpha value is -2.67. The number of benzene rings is 2. The second-order valence-corrected chi connectivity index (χ2v) is 8.81. The van der Waals surface area contributed by atoms with Crippen LogP contribution in [0.2, 0.25) is 0 Å². The number of aliphatic carboxylic acids is 1. The van der Waals surface area contributed by atoms with Gasteiger partial charge < -0.3 is 10.4 Å². The standard InChI is InChI=1S/C20H21NO5S/c22-19(21-18(20(23)24)11-14-9-10-14)16-7-4-8-17(12-16)27(25,26)13-15-5-2-1-3-6-15/h1-8,12,14,18H,9-11,13H2,(H,21,22)(H,23,24). The molecule has 1 amide bonds. The first kappa shape index (κ1) is 19.1. The Kier molecular flexibility index (Phi) is 5.60. The fourth-order valence-electron chi connectivity index (χ4n) is 2.86. The number of hydrogen-bond acceptors (Lipinski definition) is 4. The summed E-state index contributed by atoms with van der Waals surface area (Å²) in [4.78, 5) is 23.8. The first-order chi connectivity index (χ1) is 12.8. The van der Waals surface area contributed by atoms with Gasteiger partial charge in [-0.3, -0.25) is 4.79 Å². The van der Waals surface area contributed by atoms with Crippen molar-refractivity contribution in [1.82, 2.24) is 5.32 Å². The van der Waals surface area contributed by atoms with E-state index < -0.39 is 27.8 Å².